The predicted octanol–water partition coefficient (Wildman–Crippen LogP) is 0.687. The second kappa shape index (κ2) is 5.52. The van der Waals surface area contributed by atoms with Gasteiger partial charge in [0.2, 0.25) is 0 Å². The smallest absolute Gasteiger partial charge is 0.202 e. The molecule has 0 bridgehead atoms. The third-order valence-electron chi connectivity index (χ3n) is 0.102. The van der Waals surface area contributed by atoms with E-state index in [1.807, 2.05) is 0 Å². The summed E-state index contributed by atoms with van der Waals surface area (Å²) >= 11 is 9.02. The van der Waals surface area contributed by atoms with E-state index in [1.54, 1.807) is 0 Å². The Kier molecular flexibility index (Phi) is 7.20. The maximum Gasteiger partial charge on any atom is -0.202 e. The van der Waals surface area contributed by atoms with Crippen molar-refractivity contribution in [1.29, 1.82) is 0 Å². The first-order valence-electron chi connectivity index (χ1n) is 0.908. The molecule has 0 heterocycles. The van der Waals surface area contributed by atoms with Crippen LogP contribution in [0.25, 0.3) is 0 Å². The Morgan fingerprint density at radius 2 is 1.60 bits per heavy atom. The minimum Gasteiger partial charge on any atom is -0.746 e. The highest BCUT2D eigenvalue weighted by molar-refractivity contribution is 8.31. The summed E-state index contributed by atoms with van der Waals surface area (Å²) in [6, 6.07) is 0. The Balaban J connectivity index is 2.19. The summed E-state index contributed by atoms with van der Waals surface area (Å²) < 4.78 is 0. The highest BCUT2D eigenvalue weighted by Crippen LogP contribution is 2.07. The molecule has 2 atom stereocenters. The van der Waals surface area contributed by atoms with Gasteiger partial charge in [0, 0.05) is 0 Å². The van der Waals surface area contributed by atoms with Crippen LogP contribution in [-0.4, -0.2) is 0 Å². The highest BCUT2D eigenvalue weighted by Gasteiger charge is 1.41. The summed E-state index contributed by atoms with van der Waals surface area (Å²) in [7, 11) is 0.799. The summed E-state index contributed by atoms with van der Waals surface area (Å²) in [6.07, 6.45) is 0. The van der Waals surface area contributed by atoms with E-state index in [4.69, 9.17) is 0 Å². The molecule has 5 heteroatoms. The molecular formula is H3NP2S2-2. The van der Waals surface area contributed by atoms with Gasteiger partial charge in [0.15, 0.2) is 0 Å². The maximum atomic E-state index is 4.51. The van der Waals surface area contributed by atoms with Gasteiger partial charge >= 0.3 is 0 Å². The summed E-state index contributed by atoms with van der Waals surface area (Å²) in [5.41, 5.74) is 0. The van der Waals surface area contributed by atoms with Crippen LogP contribution in [0.15, 0.2) is 0 Å². The third kappa shape index (κ3) is 5.52. The summed E-state index contributed by atoms with van der Waals surface area (Å²) in [5.74, 6) is 0. The molecule has 0 rings (SSSR count). The minimum absolute atomic E-state index is 0.399. The van der Waals surface area contributed by atoms with Crippen molar-refractivity contribution in [1.82, 2.24) is 4.86 Å². The summed E-state index contributed by atoms with van der Waals surface area (Å²) in [4.78, 5) is 2.80. The predicted molar refractivity (Wildman–Crippen MR) is 34.5 cm³/mol. The van der Waals surface area contributed by atoms with E-state index in [-0.39, 0.29) is 0 Å². The largest absolute Gasteiger partial charge is 0.746 e. The van der Waals surface area contributed by atoms with Gasteiger partial charge in [0.05, 0.1) is 0 Å². The van der Waals surface area contributed by atoms with E-state index in [9.17, 15) is 0 Å². The van der Waals surface area contributed by atoms with Crippen LogP contribution in [0.1, 0.15) is 0 Å². The van der Waals surface area contributed by atoms with E-state index in [2.05, 4.69) is 29.4 Å². The average molecular weight is 143 g/mol. The average Bonchev–Trinajstić information content (AvgIpc) is 1.41. The monoisotopic (exact) mass is 143 g/mol. The zero-order chi connectivity index (χ0) is 4.12. The first-order valence-corrected chi connectivity index (χ1v) is 5.17. The normalized spacial score (nSPS) is 13.2. The van der Waals surface area contributed by atoms with Gasteiger partial charge in [0.25, 0.3) is 0 Å². The number of nitrogens with one attached hydrogen (secondary N) is 1. The van der Waals surface area contributed by atoms with E-state index in [0.717, 1.165) is 0 Å². The molecule has 0 aromatic heterocycles. The molecule has 1 N–H and O–H groups in total. The first kappa shape index (κ1) is 6.52. The fourth-order valence-electron chi connectivity index (χ4n) is 0.0208. The van der Waals surface area contributed by atoms with E-state index in [0.29, 0.717) is 15.9 Å². The lowest BCUT2D eigenvalue weighted by Gasteiger charge is -2.08. The van der Waals surface area contributed by atoms with Crippen molar-refractivity contribution in [2.45, 2.75) is 0 Å². The molecule has 1 nitrogen and oxygen atoms in total. The molecule has 0 radical (unpaired) electrons. The van der Waals surface area contributed by atoms with Gasteiger partial charge in [-0.3, -0.25) is 0 Å². The molecule has 0 spiro atoms. The topological polar surface area (TPSA) is 12.0 Å². The van der Waals surface area contributed by atoms with Crippen LogP contribution < -0.4 is 4.86 Å². The lowest BCUT2D eigenvalue weighted by molar-refractivity contribution is 1.77. The molecule has 0 aliphatic carbocycles. The number of rotatable bonds is 2. The molecule has 2 unspecified atom stereocenters. The Morgan fingerprint density at radius 1 is 1.20 bits per heavy atom. The Bertz CT molecular complexity index is 15.1. The minimum atomic E-state index is 0.399. The molecule has 5 heavy (non-hydrogen) atoms. The van der Waals surface area contributed by atoms with Gasteiger partial charge in [-0.1, -0.05) is 0 Å². The van der Waals surface area contributed by atoms with Gasteiger partial charge in [-0.2, -0.15) is 0 Å². The van der Waals surface area contributed by atoms with E-state index >= 15 is 0 Å². The van der Waals surface area contributed by atoms with Crippen molar-refractivity contribution in [3.8, 4) is 0 Å². The zero-order valence-corrected chi connectivity index (χ0v) is 5.95. The summed E-state index contributed by atoms with van der Waals surface area (Å²) in [6.45, 7) is 0. The van der Waals surface area contributed by atoms with Crippen LogP contribution in [0.5, 0.6) is 0 Å². The van der Waals surface area contributed by atoms with Crippen LogP contribution in [-0.2, 0) is 24.5 Å². The van der Waals surface area contributed by atoms with Crippen LogP contribution in [0.4, 0.5) is 0 Å². The molecule has 0 aromatic rings. The maximum absolute atomic E-state index is 4.51. The first-order chi connectivity index (χ1) is 2.41. The van der Waals surface area contributed by atoms with Crippen molar-refractivity contribution in [3.63, 3.8) is 0 Å². The lowest BCUT2D eigenvalue weighted by Crippen LogP contribution is -1.71. The second-order valence-corrected chi connectivity index (χ2v) is 2.96. The standard InChI is InChI=1S/H3NP2S2/c4-2-1-3-5/h1-3H/q-2. The number of hydrogen-bond donors (Lipinski definition) is 1. The van der Waals surface area contributed by atoms with Gasteiger partial charge in [-0.15, -0.1) is 0 Å². The summed E-state index contributed by atoms with van der Waals surface area (Å²) in [5, 5.41) is 0. The number of hydrogen-bond acceptors (Lipinski definition) is 3. The molecule has 32 valence electrons. The zero-order valence-electron chi connectivity index (χ0n) is 2.32. The lowest BCUT2D eigenvalue weighted by atomic mass is 13.9. The second-order valence-electron chi connectivity index (χ2n) is 0.329. The van der Waals surface area contributed by atoms with Gasteiger partial charge in [-0.25, -0.2) is 15.9 Å². The van der Waals surface area contributed by atoms with Crippen molar-refractivity contribution >= 4 is 40.4 Å². The molecule has 0 aliphatic heterocycles. The SMILES string of the molecule is [S-]PNP[S-]. The molecule has 0 aliphatic rings. The molecule has 0 amide bonds. The van der Waals surface area contributed by atoms with Crippen LogP contribution >= 0.6 is 15.9 Å². The highest BCUT2D eigenvalue weighted by atomic mass is 32.7. The fraction of sp³-hybridized carbons (Fsp3) is 0. The van der Waals surface area contributed by atoms with Gasteiger partial charge in [0.1, 0.15) is 0 Å². The molecular weight excluding hydrogens is 140 g/mol. The van der Waals surface area contributed by atoms with Crippen molar-refractivity contribution in [2.24, 2.45) is 0 Å². The van der Waals surface area contributed by atoms with Gasteiger partial charge < -0.3 is 29.4 Å². The molecule has 0 saturated carbocycles. The molecule has 0 saturated heterocycles. The van der Waals surface area contributed by atoms with Crippen molar-refractivity contribution in [3.05, 3.63) is 0 Å². The van der Waals surface area contributed by atoms with E-state index in [1.165, 1.54) is 0 Å². The van der Waals surface area contributed by atoms with E-state index < -0.39 is 0 Å². The Hall–Kier alpha value is 1.52. The Labute approximate surface area is 45.7 Å². The van der Waals surface area contributed by atoms with Gasteiger partial charge in [-0.05, 0) is 0 Å². The van der Waals surface area contributed by atoms with Crippen LogP contribution in [0, 0.1) is 0 Å². The van der Waals surface area contributed by atoms with Crippen molar-refractivity contribution < 1.29 is 0 Å². The van der Waals surface area contributed by atoms with Crippen molar-refractivity contribution in [2.75, 3.05) is 0 Å². The van der Waals surface area contributed by atoms with Crippen LogP contribution in [0.2, 0.25) is 0 Å². The van der Waals surface area contributed by atoms with Crippen LogP contribution in [0.3, 0.4) is 0 Å². The fourth-order valence-corrected chi connectivity index (χ4v) is 1.69. The molecule has 0 fully saturated rings. The quantitative estimate of drug-likeness (QED) is 0.451. The molecule has 0 aromatic carbocycles. The third-order valence-corrected chi connectivity index (χ3v) is 2.76. The Morgan fingerprint density at radius 3 is 1.60 bits per heavy atom.